The number of piperidine rings is 1. The maximum atomic E-state index is 12.9. The van der Waals surface area contributed by atoms with Gasteiger partial charge in [-0.2, -0.15) is 4.31 Å². The summed E-state index contributed by atoms with van der Waals surface area (Å²) >= 11 is 5.90. The molecule has 4 rings (SSSR count). The van der Waals surface area contributed by atoms with E-state index in [1.54, 1.807) is 24.1 Å². The van der Waals surface area contributed by atoms with Gasteiger partial charge in [0.1, 0.15) is 0 Å². The van der Waals surface area contributed by atoms with Gasteiger partial charge < -0.3 is 4.90 Å². The van der Waals surface area contributed by atoms with Crippen LogP contribution in [0.15, 0.2) is 54.6 Å². The fourth-order valence-corrected chi connectivity index (χ4v) is 5.89. The number of amides is 1. The second-order valence-corrected chi connectivity index (χ2v) is 10.3. The molecule has 0 aliphatic carbocycles. The van der Waals surface area contributed by atoms with Crippen LogP contribution in [-0.2, 0) is 21.2 Å². The first-order chi connectivity index (χ1) is 14.7. The van der Waals surface area contributed by atoms with Crippen molar-refractivity contribution in [3.63, 3.8) is 0 Å². The summed E-state index contributed by atoms with van der Waals surface area (Å²) in [6, 6.07) is 15.3. The van der Waals surface area contributed by atoms with E-state index in [-0.39, 0.29) is 30.6 Å². The molecule has 2 aliphatic heterocycles. The topological polar surface area (TPSA) is 86.8 Å². The van der Waals surface area contributed by atoms with Crippen LogP contribution in [0.4, 0.5) is 0 Å². The van der Waals surface area contributed by atoms with Crippen molar-refractivity contribution in [3.8, 4) is 0 Å². The molecule has 7 nitrogen and oxygen atoms in total. The molecular formula is C22H24ClN3O4S. The van der Waals surface area contributed by atoms with Gasteiger partial charge in [0, 0.05) is 30.7 Å². The summed E-state index contributed by atoms with van der Waals surface area (Å²) in [5, 5.41) is 2.79. The van der Waals surface area contributed by atoms with Gasteiger partial charge in [-0.25, -0.2) is 8.42 Å². The lowest BCUT2D eigenvalue weighted by Crippen LogP contribution is -2.59. The number of rotatable bonds is 4. The molecule has 2 fully saturated rings. The normalized spacial score (nSPS) is 21.5. The quantitative estimate of drug-likeness (QED) is 0.754. The Bertz CT molecular complexity index is 1100. The molecule has 2 saturated heterocycles. The summed E-state index contributed by atoms with van der Waals surface area (Å²) in [6.07, 6.45) is 1.38. The summed E-state index contributed by atoms with van der Waals surface area (Å²) in [5.41, 5.74) is 0.495. The molecule has 1 amide bonds. The van der Waals surface area contributed by atoms with Gasteiger partial charge >= 0.3 is 0 Å². The zero-order chi connectivity index (χ0) is 22.2. The second kappa shape index (κ2) is 8.35. The monoisotopic (exact) mass is 461 g/mol. The van der Waals surface area contributed by atoms with Crippen LogP contribution >= 0.6 is 11.6 Å². The molecule has 9 heteroatoms. The Labute approximate surface area is 187 Å². The fourth-order valence-electron chi connectivity index (χ4n) is 4.37. The summed E-state index contributed by atoms with van der Waals surface area (Å²) in [6.45, 7) is 0.300. The maximum absolute atomic E-state index is 12.9. The Morgan fingerprint density at radius 2 is 1.81 bits per heavy atom. The van der Waals surface area contributed by atoms with Crippen LogP contribution in [0.25, 0.3) is 0 Å². The average Bonchev–Trinajstić information content (AvgIpc) is 2.98. The third-order valence-electron chi connectivity index (χ3n) is 6.18. The van der Waals surface area contributed by atoms with Gasteiger partial charge in [-0.1, -0.05) is 54.1 Å². The molecule has 2 heterocycles. The van der Waals surface area contributed by atoms with Crippen molar-refractivity contribution in [1.29, 1.82) is 0 Å². The molecule has 2 aromatic rings. The van der Waals surface area contributed by atoms with Crippen molar-refractivity contribution in [2.75, 3.05) is 20.1 Å². The van der Waals surface area contributed by atoms with Crippen molar-refractivity contribution in [3.05, 3.63) is 70.7 Å². The maximum Gasteiger partial charge on any atom is 0.291 e. The molecular weight excluding hydrogens is 438 g/mol. The minimum absolute atomic E-state index is 0.00448. The average molecular weight is 462 g/mol. The van der Waals surface area contributed by atoms with Crippen LogP contribution in [0.3, 0.4) is 0 Å². The number of sulfonamides is 1. The lowest BCUT2D eigenvalue weighted by atomic mass is 9.97. The number of hydrogen-bond acceptors (Lipinski definition) is 5. The van der Waals surface area contributed by atoms with Crippen molar-refractivity contribution in [2.24, 2.45) is 0 Å². The molecule has 0 radical (unpaired) electrons. The third-order valence-corrected chi connectivity index (χ3v) is 8.16. The fraction of sp³-hybridized carbons (Fsp3) is 0.364. The highest BCUT2D eigenvalue weighted by molar-refractivity contribution is 8.04. The number of benzene rings is 2. The number of nitrogens with zero attached hydrogens (tertiary/aromatic N) is 2. The van der Waals surface area contributed by atoms with Crippen molar-refractivity contribution >= 4 is 32.6 Å². The van der Waals surface area contributed by atoms with E-state index in [4.69, 9.17) is 11.6 Å². The first-order valence-electron chi connectivity index (χ1n) is 10.1. The van der Waals surface area contributed by atoms with E-state index in [0.29, 0.717) is 24.3 Å². The number of hydrogen-bond donors (Lipinski definition) is 1. The largest absolute Gasteiger partial charge is 0.326 e. The van der Waals surface area contributed by atoms with Crippen LogP contribution in [-0.4, -0.2) is 60.5 Å². The van der Waals surface area contributed by atoms with Crippen molar-refractivity contribution in [1.82, 2.24) is 14.5 Å². The highest BCUT2D eigenvalue weighted by atomic mass is 35.5. The molecule has 0 bridgehead atoms. The van der Waals surface area contributed by atoms with Crippen LogP contribution < -0.4 is 5.32 Å². The van der Waals surface area contributed by atoms with Crippen molar-refractivity contribution < 1.29 is 18.0 Å². The van der Waals surface area contributed by atoms with E-state index in [1.807, 2.05) is 30.3 Å². The summed E-state index contributed by atoms with van der Waals surface area (Å²) < 4.78 is 27.0. The molecule has 0 saturated carbocycles. The van der Waals surface area contributed by atoms with Gasteiger partial charge in [0.05, 0.1) is 11.7 Å². The highest BCUT2D eigenvalue weighted by Gasteiger charge is 2.51. The highest BCUT2D eigenvalue weighted by Crippen LogP contribution is 2.33. The van der Waals surface area contributed by atoms with E-state index in [1.165, 1.54) is 16.4 Å². The second-order valence-electron chi connectivity index (χ2n) is 8.02. The predicted molar refractivity (Wildman–Crippen MR) is 118 cm³/mol. The number of halogens is 1. The van der Waals surface area contributed by atoms with E-state index < -0.39 is 20.8 Å². The number of carbonyl (C=O) groups is 2. The zero-order valence-electron chi connectivity index (χ0n) is 17.1. The van der Waals surface area contributed by atoms with Gasteiger partial charge in [-0.3, -0.25) is 14.9 Å². The Morgan fingerprint density at radius 3 is 2.45 bits per heavy atom. The van der Waals surface area contributed by atoms with Gasteiger partial charge in [-0.05, 0) is 37.0 Å². The molecule has 1 N–H and O–H groups in total. The van der Waals surface area contributed by atoms with Crippen LogP contribution in [0.2, 0.25) is 5.02 Å². The zero-order valence-corrected chi connectivity index (χ0v) is 18.7. The molecule has 31 heavy (non-hydrogen) atoms. The molecule has 2 aliphatic rings. The van der Waals surface area contributed by atoms with Crippen molar-refractivity contribution in [2.45, 2.75) is 31.0 Å². The Hall–Kier alpha value is -2.26. The minimum Gasteiger partial charge on any atom is -0.326 e. The van der Waals surface area contributed by atoms with Gasteiger partial charge in [-0.15, -0.1) is 0 Å². The Morgan fingerprint density at radius 1 is 1.13 bits per heavy atom. The third kappa shape index (κ3) is 4.13. The standard InChI is InChI=1S/C22H24ClN3O4S/c1-25-20(27)19(14-16-6-3-2-4-7-16)24-22(25)10-12-26(13-11-22)31(29,30)21(28)17-8-5-9-18(23)15-17/h2-9,15,19,24H,10-14H2,1H3. The van der Waals surface area contributed by atoms with E-state index >= 15 is 0 Å². The van der Waals surface area contributed by atoms with E-state index in [9.17, 15) is 18.0 Å². The Kier molecular flexibility index (Phi) is 5.91. The lowest BCUT2D eigenvalue weighted by molar-refractivity contribution is -0.131. The van der Waals surface area contributed by atoms with Gasteiger partial charge in [0.25, 0.3) is 15.1 Å². The summed E-state index contributed by atoms with van der Waals surface area (Å²) in [4.78, 5) is 27.2. The smallest absolute Gasteiger partial charge is 0.291 e. The molecule has 164 valence electrons. The molecule has 2 aromatic carbocycles. The van der Waals surface area contributed by atoms with Gasteiger partial charge in [0.2, 0.25) is 5.91 Å². The summed E-state index contributed by atoms with van der Waals surface area (Å²) in [5.74, 6) is -0.00448. The number of nitrogens with one attached hydrogen (secondary N) is 1. The number of likely N-dealkylation sites (N-methyl/N-ethyl adjacent to an activating group) is 1. The first-order valence-corrected chi connectivity index (χ1v) is 11.9. The SMILES string of the molecule is CN1C(=O)C(Cc2ccccc2)NC12CCN(S(=O)(=O)C(=O)c1cccc(Cl)c1)CC2. The van der Waals surface area contributed by atoms with Crippen LogP contribution in [0.1, 0.15) is 28.8 Å². The van der Waals surface area contributed by atoms with E-state index in [2.05, 4.69) is 5.32 Å². The summed E-state index contributed by atoms with van der Waals surface area (Å²) in [7, 11) is -2.41. The molecule has 0 aromatic heterocycles. The molecule has 1 unspecified atom stereocenters. The minimum atomic E-state index is -4.17. The molecule has 1 spiro atoms. The van der Waals surface area contributed by atoms with Crippen LogP contribution in [0.5, 0.6) is 0 Å². The van der Waals surface area contributed by atoms with Crippen LogP contribution in [0, 0.1) is 0 Å². The Balaban J connectivity index is 1.46. The lowest BCUT2D eigenvalue weighted by Gasteiger charge is -2.42. The first kappa shape index (κ1) is 22.0. The van der Waals surface area contributed by atoms with Gasteiger partial charge in [0.15, 0.2) is 0 Å². The molecule has 1 atom stereocenters. The predicted octanol–water partition coefficient (Wildman–Crippen LogP) is 2.28. The number of carbonyl (C=O) groups excluding carboxylic acids is 2. The van der Waals surface area contributed by atoms with E-state index in [0.717, 1.165) is 5.56 Å².